The minimum atomic E-state index is -0.678. The highest BCUT2D eigenvalue weighted by Gasteiger charge is 2.39. The van der Waals surface area contributed by atoms with E-state index in [1.165, 1.54) is 6.07 Å². The highest BCUT2D eigenvalue weighted by atomic mass is 19.1. The maximum atomic E-state index is 13.9. The molecule has 1 aromatic carbocycles. The molecule has 0 unspecified atom stereocenters. The lowest BCUT2D eigenvalue weighted by Crippen LogP contribution is -2.57. The van der Waals surface area contributed by atoms with Crippen LogP contribution in [0, 0.1) is 11.7 Å². The molecule has 6 heteroatoms. The van der Waals surface area contributed by atoms with Crippen molar-refractivity contribution >= 4 is 17.5 Å². The number of halogens is 1. The van der Waals surface area contributed by atoms with Gasteiger partial charge in [0, 0.05) is 24.8 Å². The number of benzene rings is 1. The Bertz CT molecular complexity index is 664. The first-order chi connectivity index (χ1) is 12.0. The Morgan fingerprint density at radius 3 is 2.80 bits per heavy atom. The topological polar surface area (TPSA) is 52.7 Å². The van der Waals surface area contributed by atoms with Gasteiger partial charge in [0.25, 0.3) is 0 Å². The van der Waals surface area contributed by atoms with Crippen molar-refractivity contribution in [2.45, 2.75) is 38.6 Å². The molecule has 2 aliphatic heterocycles. The predicted molar refractivity (Wildman–Crippen MR) is 94.7 cm³/mol. The molecule has 0 aliphatic carbocycles. The molecule has 25 heavy (non-hydrogen) atoms. The number of fused-ring (bicyclic) bond motifs is 1. The number of hydrogen-bond donors (Lipinski definition) is 1. The van der Waals surface area contributed by atoms with Gasteiger partial charge in [-0.3, -0.25) is 9.59 Å². The van der Waals surface area contributed by atoms with Gasteiger partial charge in [-0.15, -0.1) is 0 Å². The van der Waals surface area contributed by atoms with Crippen LogP contribution in [0.1, 0.15) is 31.7 Å². The van der Waals surface area contributed by atoms with Crippen LogP contribution in [0.15, 0.2) is 18.2 Å². The Labute approximate surface area is 148 Å². The summed E-state index contributed by atoms with van der Waals surface area (Å²) in [6, 6.07) is 4.70. The predicted octanol–water partition coefficient (Wildman–Crippen LogP) is 2.27. The molecule has 0 bridgehead atoms. The van der Waals surface area contributed by atoms with E-state index in [1.807, 2.05) is 6.92 Å². The minimum Gasteiger partial charge on any atom is -0.331 e. The van der Waals surface area contributed by atoms with Gasteiger partial charge in [-0.05, 0) is 62.9 Å². The Morgan fingerprint density at radius 2 is 2.08 bits per heavy atom. The molecule has 1 N–H and O–H groups in total. The molecule has 2 fully saturated rings. The maximum Gasteiger partial charge on any atom is 0.313 e. The zero-order valence-corrected chi connectivity index (χ0v) is 14.9. The van der Waals surface area contributed by atoms with E-state index in [1.54, 1.807) is 17.0 Å². The molecule has 0 radical (unpaired) electrons. The zero-order valence-electron chi connectivity index (χ0n) is 14.9. The third-order valence-corrected chi connectivity index (χ3v) is 5.42. The standard InChI is InChI=1S/C19H26FN3O2/c1-3-13-6-7-15(11-16(13)20)21-18(24)19(25)23-9-4-5-14-12-22(2)10-8-17(14)23/h6-7,11,14,17H,3-5,8-10,12H2,1-2H3,(H,21,24)/t14-,17+/m1/s1. The van der Waals surface area contributed by atoms with Crippen LogP contribution >= 0.6 is 0 Å². The van der Waals surface area contributed by atoms with Gasteiger partial charge >= 0.3 is 11.8 Å². The molecule has 2 amide bonds. The van der Waals surface area contributed by atoms with E-state index in [9.17, 15) is 14.0 Å². The van der Waals surface area contributed by atoms with Gasteiger partial charge in [0.1, 0.15) is 5.82 Å². The molecular weight excluding hydrogens is 321 g/mol. The number of amides is 2. The second-order valence-corrected chi connectivity index (χ2v) is 7.13. The molecule has 136 valence electrons. The van der Waals surface area contributed by atoms with Gasteiger partial charge in [0.2, 0.25) is 0 Å². The van der Waals surface area contributed by atoms with Gasteiger partial charge in [0.05, 0.1) is 0 Å². The first-order valence-electron chi connectivity index (χ1n) is 9.08. The van der Waals surface area contributed by atoms with E-state index < -0.39 is 11.8 Å². The quantitative estimate of drug-likeness (QED) is 0.835. The SMILES string of the molecule is CCc1ccc(NC(=O)C(=O)N2CCC[C@@H]3CN(C)CC[C@@H]32)cc1F. The van der Waals surface area contributed by atoms with Crippen molar-refractivity contribution in [1.29, 1.82) is 0 Å². The number of likely N-dealkylation sites (tertiary alicyclic amines) is 2. The maximum absolute atomic E-state index is 13.9. The van der Waals surface area contributed by atoms with Crippen molar-refractivity contribution in [2.75, 3.05) is 32.0 Å². The molecule has 2 atom stereocenters. The summed E-state index contributed by atoms with van der Waals surface area (Å²) in [6.07, 6.45) is 3.52. The fourth-order valence-corrected chi connectivity index (χ4v) is 4.06. The van der Waals surface area contributed by atoms with Crippen molar-refractivity contribution in [3.63, 3.8) is 0 Å². The van der Waals surface area contributed by atoms with Gasteiger partial charge in [-0.1, -0.05) is 13.0 Å². The van der Waals surface area contributed by atoms with E-state index >= 15 is 0 Å². The van der Waals surface area contributed by atoms with Crippen molar-refractivity contribution in [1.82, 2.24) is 9.80 Å². The van der Waals surface area contributed by atoms with Crippen LogP contribution in [0.5, 0.6) is 0 Å². The van der Waals surface area contributed by atoms with Gasteiger partial charge in [0.15, 0.2) is 0 Å². The van der Waals surface area contributed by atoms with Crippen molar-refractivity contribution < 1.29 is 14.0 Å². The lowest BCUT2D eigenvalue weighted by molar-refractivity contribution is -0.148. The van der Waals surface area contributed by atoms with Crippen LogP contribution in [-0.2, 0) is 16.0 Å². The molecular formula is C19H26FN3O2. The zero-order chi connectivity index (χ0) is 18.0. The van der Waals surface area contributed by atoms with E-state index in [0.29, 0.717) is 30.1 Å². The number of hydrogen-bond acceptors (Lipinski definition) is 3. The third kappa shape index (κ3) is 3.84. The number of rotatable bonds is 2. The van der Waals surface area contributed by atoms with Crippen LogP contribution < -0.4 is 5.32 Å². The Morgan fingerprint density at radius 1 is 1.28 bits per heavy atom. The number of anilines is 1. The van der Waals surface area contributed by atoms with Crippen LogP contribution in [0.2, 0.25) is 0 Å². The second kappa shape index (κ2) is 7.52. The van der Waals surface area contributed by atoms with Crippen molar-refractivity contribution in [2.24, 2.45) is 5.92 Å². The van der Waals surface area contributed by atoms with Crippen LogP contribution in [0.4, 0.5) is 10.1 Å². The normalized spacial score (nSPS) is 23.9. The fourth-order valence-electron chi connectivity index (χ4n) is 4.06. The summed E-state index contributed by atoms with van der Waals surface area (Å²) in [6.45, 7) is 4.41. The lowest BCUT2D eigenvalue weighted by atomic mass is 9.84. The molecule has 0 spiro atoms. The molecule has 2 saturated heterocycles. The highest BCUT2D eigenvalue weighted by Crippen LogP contribution is 2.30. The van der Waals surface area contributed by atoms with E-state index in [2.05, 4.69) is 17.3 Å². The van der Waals surface area contributed by atoms with Gasteiger partial charge < -0.3 is 15.1 Å². The summed E-state index contributed by atoms with van der Waals surface area (Å²) in [5.74, 6) is -1.10. The van der Waals surface area contributed by atoms with Crippen molar-refractivity contribution in [3.8, 4) is 0 Å². The summed E-state index contributed by atoms with van der Waals surface area (Å²) in [7, 11) is 2.10. The largest absolute Gasteiger partial charge is 0.331 e. The molecule has 3 rings (SSSR count). The number of nitrogens with zero attached hydrogens (tertiary/aromatic N) is 2. The number of carbonyl (C=O) groups excluding carboxylic acids is 2. The second-order valence-electron chi connectivity index (χ2n) is 7.13. The average Bonchev–Trinajstić information content (AvgIpc) is 2.60. The summed E-state index contributed by atoms with van der Waals surface area (Å²) < 4.78 is 13.9. The molecule has 2 aliphatic rings. The summed E-state index contributed by atoms with van der Waals surface area (Å²) in [4.78, 5) is 29.0. The minimum absolute atomic E-state index is 0.141. The summed E-state index contributed by atoms with van der Waals surface area (Å²) in [5, 5.41) is 2.55. The van der Waals surface area contributed by atoms with Gasteiger partial charge in [-0.2, -0.15) is 0 Å². The van der Waals surface area contributed by atoms with Crippen LogP contribution in [-0.4, -0.2) is 54.3 Å². The molecule has 0 saturated carbocycles. The number of aryl methyl sites for hydroxylation is 1. The molecule has 5 nitrogen and oxygen atoms in total. The smallest absolute Gasteiger partial charge is 0.313 e. The summed E-state index contributed by atoms with van der Waals surface area (Å²) in [5.41, 5.74) is 0.916. The Kier molecular flexibility index (Phi) is 5.37. The Balaban J connectivity index is 1.67. The van der Waals surface area contributed by atoms with Crippen LogP contribution in [0.3, 0.4) is 0 Å². The molecule has 2 heterocycles. The molecule has 1 aromatic rings. The average molecular weight is 347 g/mol. The number of nitrogens with one attached hydrogen (secondary N) is 1. The number of carbonyl (C=O) groups is 2. The van der Waals surface area contributed by atoms with E-state index in [-0.39, 0.29) is 11.9 Å². The Hall–Kier alpha value is -1.95. The lowest BCUT2D eigenvalue weighted by Gasteiger charge is -2.46. The summed E-state index contributed by atoms with van der Waals surface area (Å²) >= 11 is 0. The fraction of sp³-hybridized carbons (Fsp3) is 0.579. The van der Waals surface area contributed by atoms with Gasteiger partial charge in [-0.25, -0.2) is 4.39 Å². The monoisotopic (exact) mass is 347 g/mol. The first kappa shape index (κ1) is 17.9. The van der Waals surface area contributed by atoms with E-state index in [0.717, 1.165) is 32.4 Å². The third-order valence-electron chi connectivity index (χ3n) is 5.42. The highest BCUT2D eigenvalue weighted by molar-refractivity contribution is 6.39. The molecule has 0 aromatic heterocycles. The van der Waals surface area contributed by atoms with E-state index in [4.69, 9.17) is 0 Å². The first-order valence-corrected chi connectivity index (χ1v) is 9.08. The van der Waals surface area contributed by atoms with Crippen LogP contribution in [0.25, 0.3) is 0 Å². The number of piperidine rings is 2. The van der Waals surface area contributed by atoms with Crippen molar-refractivity contribution in [3.05, 3.63) is 29.6 Å².